The molecular formula is C13H17N3S. The van der Waals surface area contributed by atoms with Gasteiger partial charge in [-0.1, -0.05) is 12.1 Å². The number of hydrogen-bond acceptors (Lipinski definition) is 3. The van der Waals surface area contributed by atoms with Gasteiger partial charge in [-0.15, -0.1) is 11.8 Å². The van der Waals surface area contributed by atoms with Crippen LogP contribution < -0.4 is 5.73 Å². The number of aryl methyl sites for hydroxylation is 1. The Labute approximate surface area is 106 Å². The van der Waals surface area contributed by atoms with Gasteiger partial charge < -0.3 is 10.3 Å². The first-order valence-corrected chi connectivity index (χ1v) is 6.59. The molecule has 2 N–H and O–H groups in total. The van der Waals surface area contributed by atoms with Crippen molar-refractivity contribution in [3.63, 3.8) is 0 Å². The molecule has 3 nitrogen and oxygen atoms in total. The summed E-state index contributed by atoms with van der Waals surface area (Å²) in [6.07, 6.45) is 3.73. The Morgan fingerprint density at radius 2 is 2.06 bits per heavy atom. The van der Waals surface area contributed by atoms with Crippen LogP contribution in [0.1, 0.15) is 24.2 Å². The summed E-state index contributed by atoms with van der Waals surface area (Å²) in [7, 11) is 2.02. The number of thioether (sulfide) groups is 1. The number of benzene rings is 1. The van der Waals surface area contributed by atoms with E-state index in [9.17, 15) is 0 Å². The van der Waals surface area contributed by atoms with Crippen molar-refractivity contribution in [2.75, 3.05) is 0 Å². The Balaban J connectivity index is 1.98. The minimum Gasteiger partial charge on any atom is -0.337 e. The van der Waals surface area contributed by atoms with Crippen LogP contribution in [0.3, 0.4) is 0 Å². The Morgan fingerprint density at radius 3 is 2.59 bits per heavy atom. The fourth-order valence-corrected chi connectivity index (χ4v) is 2.47. The topological polar surface area (TPSA) is 43.8 Å². The average Bonchev–Trinajstić information content (AvgIpc) is 2.73. The van der Waals surface area contributed by atoms with Crippen LogP contribution >= 0.6 is 11.8 Å². The SMILES string of the molecule is CC(N)c1ccc(SCc2cncn2C)cc1. The number of nitrogens with zero attached hydrogens (tertiary/aromatic N) is 2. The van der Waals surface area contributed by atoms with Crippen LogP contribution in [0.25, 0.3) is 0 Å². The highest BCUT2D eigenvalue weighted by atomic mass is 32.2. The molecule has 1 heterocycles. The van der Waals surface area contributed by atoms with Gasteiger partial charge in [-0.05, 0) is 24.6 Å². The van der Waals surface area contributed by atoms with Gasteiger partial charge in [0.25, 0.3) is 0 Å². The van der Waals surface area contributed by atoms with E-state index in [4.69, 9.17) is 5.73 Å². The van der Waals surface area contributed by atoms with Crippen LogP contribution in [-0.2, 0) is 12.8 Å². The molecular weight excluding hydrogens is 230 g/mol. The standard InChI is InChI=1S/C13H17N3S/c1-10(14)11-3-5-13(6-4-11)17-8-12-7-15-9-16(12)2/h3-7,9-10H,8,14H2,1-2H3. The second-order valence-electron chi connectivity index (χ2n) is 4.14. The second-order valence-corrected chi connectivity index (χ2v) is 5.19. The van der Waals surface area contributed by atoms with E-state index < -0.39 is 0 Å². The maximum absolute atomic E-state index is 5.82. The average molecular weight is 247 g/mol. The number of aromatic nitrogens is 2. The minimum atomic E-state index is 0.103. The highest BCUT2D eigenvalue weighted by Crippen LogP contribution is 2.23. The molecule has 0 saturated heterocycles. The molecule has 0 saturated carbocycles. The number of rotatable bonds is 4. The molecule has 2 aromatic rings. The lowest BCUT2D eigenvalue weighted by molar-refractivity contribution is 0.817. The van der Waals surface area contributed by atoms with Crippen molar-refractivity contribution in [2.45, 2.75) is 23.6 Å². The van der Waals surface area contributed by atoms with E-state index in [1.165, 1.54) is 16.2 Å². The molecule has 0 radical (unpaired) electrons. The van der Waals surface area contributed by atoms with Gasteiger partial charge in [0.15, 0.2) is 0 Å². The summed E-state index contributed by atoms with van der Waals surface area (Å²) in [4.78, 5) is 5.36. The van der Waals surface area contributed by atoms with Crippen molar-refractivity contribution < 1.29 is 0 Å². The van der Waals surface area contributed by atoms with Crippen LogP contribution in [0.5, 0.6) is 0 Å². The van der Waals surface area contributed by atoms with Gasteiger partial charge in [-0.2, -0.15) is 0 Å². The zero-order chi connectivity index (χ0) is 12.3. The van der Waals surface area contributed by atoms with Crippen LogP contribution in [0.2, 0.25) is 0 Å². The first-order valence-electron chi connectivity index (χ1n) is 5.60. The zero-order valence-electron chi connectivity index (χ0n) is 10.1. The third kappa shape index (κ3) is 3.11. The maximum atomic E-state index is 5.82. The van der Waals surface area contributed by atoms with Crippen molar-refractivity contribution in [3.05, 3.63) is 48.0 Å². The third-order valence-electron chi connectivity index (χ3n) is 2.71. The second kappa shape index (κ2) is 5.38. The van der Waals surface area contributed by atoms with Gasteiger partial charge in [-0.25, -0.2) is 4.98 Å². The van der Waals surface area contributed by atoms with Crippen molar-refractivity contribution in [1.82, 2.24) is 9.55 Å². The number of imidazole rings is 1. The van der Waals surface area contributed by atoms with Crippen molar-refractivity contribution in [2.24, 2.45) is 12.8 Å². The van der Waals surface area contributed by atoms with E-state index in [0.29, 0.717) is 0 Å². The van der Waals surface area contributed by atoms with Crippen LogP contribution in [-0.4, -0.2) is 9.55 Å². The summed E-state index contributed by atoms with van der Waals surface area (Å²) < 4.78 is 2.04. The smallest absolute Gasteiger partial charge is 0.0945 e. The lowest BCUT2D eigenvalue weighted by Crippen LogP contribution is -2.04. The van der Waals surface area contributed by atoms with E-state index in [1.807, 2.05) is 42.8 Å². The molecule has 0 aliphatic carbocycles. The van der Waals surface area contributed by atoms with Gasteiger partial charge in [0.05, 0.1) is 6.33 Å². The molecule has 0 aliphatic heterocycles. The molecule has 0 fully saturated rings. The van der Waals surface area contributed by atoms with Gasteiger partial charge in [0.2, 0.25) is 0 Å². The zero-order valence-corrected chi connectivity index (χ0v) is 10.9. The van der Waals surface area contributed by atoms with Crippen molar-refractivity contribution >= 4 is 11.8 Å². The number of nitrogens with two attached hydrogens (primary N) is 1. The summed E-state index contributed by atoms with van der Waals surface area (Å²) >= 11 is 1.81. The van der Waals surface area contributed by atoms with Crippen LogP contribution in [0.15, 0.2) is 41.7 Å². The fraction of sp³-hybridized carbons (Fsp3) is 0.308. The van der Waals surface area contributed by atoms with E-state index in [-0.39, 0.29) is 6.04 Å². The highest BCUT2D eigenvalue weighted by Gasteiger charge is 2.02. The summed E-state index contributed by atoms with van der Waals surface area (Å²) in [5.41, 5.74) is 8.22. The molecule has 1 atom stereocenters. The normalized spacial score (nSPS) is 12.6. The van der Waals surface area contributed by atoms with Crippen LogP contribution in [0, 0.1) is 0 Å². The molecule has 1 aromatic carbocycles. The van der Waals surface area contributed by atoms with Gasteiger partial charge in [-0.3, -0.25) is 0 Å². The van der Waals surface area contributed by atoms with Crippen molar-refractivity contribution in [3.8, 4) is 0 Å². The molecule has 0 aliphatic rings. The third-order valence-corrected chi connectivity index (χ3v) is 3.75. The summed E-state index contributed by atoms with van der Waals surface area (Å²) in [5.74, 6) is 0.939. The Morgan fingerprint density at radius 1 is 1.35 bits per heavy atom. The monoisotopic (exact) mass is 247 g/mol. The summed E-state index contributed by atoms with van der Waals surface area (Å²) in [6, 6.07) is 8.54. The molecule has 4 heteroatoms. The van der Waals surface area contributed by atoms with Gasteiger partial charge in [0.1, 0.15) is 0 Å². The first-order chi connectivity index (χ1) is 8.16. The fourth-order valence-electron chi connectivity index (χ4n) is 1.55. The minimum absolute atomic E-state index is 0.103. The Bertz CT molecular complexity index is 474. The van der Waals surface area contributed by atoms with Gasteiger partial charge >= 0.3 is 0 Å². The maximum Gasteiger partial charge on any atom is 0.0945 e. The summed E-state index contributed by atoms with van der Waals surface area (Å²) in [6.45, 7) is 2.00. The largest absolute Gasteiger partial charge is 0.337 e. The molecule has 2 rings (SSSR count). The van der Waals surface area contributed by atoms with E-state index in [0.717, 1.165) is 5.75 Å². The number of hydrogen-bond donors (Lipinski definition) is 1. The predicted octanol–water partition coefficient (Wildman–Crippen LogP) is 2.73. The van der Waals surface area contributed by atoms with E-state index in [2.05, 4.69) is 29.2 Å². The molecule has 0 spiro atoms. The van der Waals surface area contributed by atoms with Crippen LogP contribution in [0.4, 0.5) is 0 Å². The lowest BCUT2D eigenvalue weighted by atomic mass is 10.1. The molecule has 90 valence electrons. The molecule has 1 aromatic heterocycles. The molecule has 17 heavy (non-hydrogen) atoms. The summed E-state index contributed by atoms with van der Waals surface area (Å²) in [5, 5.41) is 0. The lowest BCUT2D eigenvalue weighted by Gasteiger charge is -2.07. The highest BCUT2D eigenvalue weighted by molar-refractivity contribution is 7.98. The Hall–Kier alpha value is -1.26. The first kappa shape index (κ1) is 12.2. The van der Waals surface area contributed by atoms with E-state index in [1.54, 1.807) is 0 Å². The van der Waals surface area contributed by atoms with Gasteiger partial charge in [0, 0.05) is 35.6 Å². The Kier molecular flexibility index (Phi) is 3.86. The molecule has 0 amide bonds. The molecule has 0 bridgehead atoms. The van der Waals surface area contributed by atoms with E-state index >= 15 is 0 Å². The quantitative estimate of drug-likeness (QED) is 0.845. The molecule has 1 unspecified atom stereocenters. The predicted molar refractivity (Wildman–Crippen MR) is 71.8 cm³/mol. The van der Waals surface area contributed by atoms with Crippen molar-refractivity contribution in [1.29, 1.82) is 0 Å².